The first kappa shape index (κ1) is 14.0. The van der Waals surface area contributed by atoms with Gasteiger partial charge in [0.25, 0.3) is 0 Å². The molecule has 0 saturated heterocycles. The number of ether oxygens (including phenoxy) is 1. The summed E-state index contributed by atoms with van der Waals surface area (Å²) >= 11 is 0. The summed E-state index contributed by atoms with van der Waals surface area (Å²) in [7, 11) is 1.29. The molecule has 0 aliphatic heterocycles. The van der Waals surface area contributed by atoms with Gasteiger partial charge in [-0.3, -0.25) is 9.48 Å². The SMILES string of the molecule is COC(=O)c1coc(-c2nn(CC(C)C)cc2C=O)c1. The summed E-state index contributed by atoms with van der Waals surface area (Å²) in [6.45, 7) is 4.82. The van der Waals surface area contributed by atoms with Gasteiger partial charge in [-0.2, -0.15) is 5.10 Å². The second-order valence-corrected chi connectivity index (χ2v) is 4.86. The van der Waals surface area contributed by atoms with E-state index in [-0.39, 0.29) is 5.56 Å². The van der Waals surface area contributed by atoms with Gasteiger partial charge >= 0.3 is 5.97 Å². The summed E-state index contributed by atoms with van der Waals surface area (Å²) in [4.78, 5) is 22.5. The molecule has 0 aliphatic carbocycles. The lowest BCUT2D eigenvalue weighted by atomic mass is 10.2. The normalized spacial score (nSPS) is 10.8. The Bertz CT molecular complexity index is 625. The molecule has 2 heterocycles. The molecule has 2 rings (SSSR count). The quantitative estimate of drug-likeness (QED) is 0.619. The van der Waals surface area contributed by atoms with Crippen molar-refractivity contribution in [1.82, 2.24) is 9.78 Å². The summed E-state index contributed by atoms with van der Waals surface area (Å²) in [6.07, 6.45) is 3.68. The number of nitrogens with zero attached hydrogens (tertiary/aromatic N) is 2. The second-order valence-electron chi connectivity index (χ2n) is 4.86. The molecular formula is C14H16N2O4. The number of aromatic nitrogens is 2. The number of aldehydes is 1. The molecule has 0 N–H and O–H groups in total. The predicted octanol–water partition coefficient (Wildman–Crippen LogP) is 2.40. The molecule has 106 valence electrons. The maximum absolute atomic E-state index is 11.4. The molecule has 0 atom stereocenters. The summed E-state index contributed by atoms with van der Waals surface area (Å²) in [5.41, 5.74) is 1.14. The van der Waals surface area contributed by atoms with E-state index in [0.717, 1.165) is 6.29 Å². The summed E-state index contributed by atoms with van der Waals surface area (Å²) in [5.74, 6) is 0.286. The van der Waals surface area contributed by atoms with Gasteiger partial charge in [-0.15, -0.1) is 0 Å². The van der Waals surface area contributed by atoms with E-state index in [0.29, 0.717) is 29.5 Å². The molecule has 6 heteroatoms. The van der Waals surface area contributed by atoms with Gasteiger partial charge in [0.05, 0.1) is 18.2 Å². The molecule has 0 amide bonds. The van der Waals surface area contributed by atoms with Crippen LogP contribution in [0.2, 0.25) is 0 Å². The fourth-order valence-electron chi connectivity index (χ4n) is 1.87. The van der Waals surface area contributed by atoms with Crippen LogP contribution in [-0.2, 0) is 11.3 Å². The molecule has 20 heavy (non-hydrogen) atoms. The Hall–Kier alpha value is -2.37. The van der Waals surface area contributed by atoms with Crippen molar-refractivity contribution in [2.45, 2.75) is 20.4 Å². The van der Waals surface area contributed by atoms with Gasteiger partial charge in [0, 0.05) is 18.8 Å². The molecule has 0 aliphatic rings. The van der Waals surface area contributed by atoms with Gasteiger partial charge in [-0.05, 0) is 5.92 Å². The number of hydrogen-bond donors (Lipinski definition) is 0. The zero-order valence-corrected chi connectivity index (χ0v) is 11.6. The van der Waals surface area contributed by atoms with Crippen LogP contribution in [0, 0.1) is 5.92 Å². The van der Waals surface area contributed by atoms with E-state index in [2.05, 4.69) is 23.7 Å². The molecule has 0 radical (unpaired) electrons. The molecule has 0 aromatic carbocycles. The van der Waals surface area contributed by atoms with Crippen molar-refractivity contribution in [1.29, 1.82) is 0 Å². The monoisotopic (exact) mass is 276 g/mol. The third-order valence-electron chi connectivity index (χ3n) is 2.72. The van der Waals surface area contributed by atoms with Crippen LogP contribution >= 0.6 is 0 Å². The molecule has 0 unspecified atom stereocenters. The Kier molecular flexibility index (Phi) is 4.02. The number of furan rings is 1. The molecule has 0 fully saturated rings. The van der Waals surface area contributed by atoms with E-state index in [1.165, 1.54) is 19.4 Å². The average molecular weight is 276 g/mol. The molecule has 0 bridgehead atoms. The van der Waals surface area contributed by atoms with Crippen molar-refractivity contribution in [3.63, 3.8) is 0 Å². The fraction of sp³-hybridized carbons (Fsp3) is 0.357. The van der Waals surface area contributed by atoms with Crippen molar-refractivity contribution < 1.29 is 18.7 Å². The zero-order chi connectivity index (χ0) is 14.7. The topological polar surface area (TPSA) is 74.3 Å². The third-order valence-corrected chi connectivity index (χ3v) is 2.72. The standard InChI is InChI=1S/C14H16N2O4/c1-9(2)5-16-6-11(7-17)13(15-16)12-4-10(8-20-12)14(18)19-3/h4,6-9H,5H2,1-3H3. The van der Waals surface area contributed by atoms with E-state index >= 15 is 0 Å². The largest absolute Gasteiger partial charge is 0.465 e. The number of rotatable bonds is 5. The van der Waals surface area contributed by atoms with E-state index in [1.54, 1.807) is 10.9 Å². The second kappa shape index (κ2) is 5.73. The third kappa shape index (κ3) is 2.79. The van der Waals surface area contributed by atoms with Crippen LogP contribution in [0.15, 0.2) is 22.9 Å². The lowest BCUT2D eigenvalue weighted by Gasteiger charge is -2.03. The van der Waals surface area contributed by atoms with Crippen LogP contribution in [0.5, 0.6) is 0 Å². The first-order valence-corrected chi connectivity index (χ1v) is 6.25. The molecule has 0 saturated carbocycles. The Labute approximate surface area is 116 Å². The van der Waals surface area contributed by atoms with Crippen LogP contribution in [0.1, 0.15) is 34.6 Å². The van der Waals surface area contributed by atoms with Gasteiger partial charge in [-0.25, -0.2) is 4.79 Å². The maximum Gasteiger partial charge on any atom is 0.341 e. The van der Waals surface area contributed by atoms with Crippen molar-refractivity contribution in [3.05, 3.63) is 29.7 Å². The van der Waals surface area contributed by atoms with E-state index in [1.807, 2.05) is 0 Å². The molecular weight excluding hydrogens is 260 g/mol. The number of carbonyl (C=O) groups is 2. The van der Waals surface area contributed by atoms with Crippen LogP contribution in [0.3, 0.4) is 0 Å². The molecule has 6 nitrogen and oxygen atoms in total. The maximum atomic E-state index is 11.4. The first-order valence-electron chi connectivity index (χ1n) is 6.25. The Morgan fingerprint density at radius 2 is 2.30 bits per heavy atom. The minimum atomic E-state index is -0.491. The highest BCUT2D eigenvalue weighted by Crippen LogP contribution is 2.24. The molecule has 2 aromatic heterocycles. The molecule has 2 aromatic rings. The van der Waals surface area contributed by atoms with Crippen LogP contribution in [-0.4, -0.2) is 29.1 Å². The minimum Gasteiger partial charge on any atom is -0.465 e. The van der Waals surface area contributed by atoms with Gasteiger partial charge in [0.2, 0.25) is 0 Å². The van der Waals surface area contributed by atoms with Crippen LogP contribution in [0.4, 0.5) is 0 Å². The summed E-state index contributed by atoms with van der Waals surface area (Å²) in [5, 5.41) is 4.33. The average Bonchev–Trinajstić information content (AvgIpc) is 3.03. The minimum absolute atomic E-state index is 0.290. The first-order chi connectivity index (χ1) is 9.55. The van der Waals surface area contributed by atoms with Gasteiger partial charge in [0.1, 0.15) is 12.0 Å². The number of hydrogen-bond acceptors (Lipinski definition) is 5. The highest BCUT2D eigenvalue weighted by Gasteiger charge is 2.17. The summed E-state index contributed by atoms with van der Waals surface area (Å²) in [6, 6.07) is 1.51. The Balaban J connectivity index is 2.36. The van der Waals surface area contributed by atoms with Crippen molar-refractivity contribution in [3.8, 4) is 11.5 Å². The summed E-state index contributed by atoms with van der Waals surface area (Å²) < 4.78 is 11.6. The van der Waals surface area contributed by atoms with Crippen LogP contribution < -0.4 is 0 Å². The zero-order valence-electron chi connectivity index (χ0n) is 11.6. The van der Waals surface area contributed by atoms with E-state index < -0.39 is 5.97 Å². The van der Waals surface area contributed by atoms with Gasteiger partial charge in [0.15, 0.2) is 12.0 Å². The van der Waals surface area contributed by atoms with Crippen molar-refractivity contribution >= 4 is 12.3 Å². The number of methoxy groups -OCH3 is 1. The smallest absolute Gasteiger partial charge is 0.341 e. The number of carbonyl (C=O) groups excluding carboxylic acids is 2. The van der Waals surface area contributed by atoms with Crippen molar-refractivity contribution in [2.75, 3.05) is 7.11 Å². The molecule has 0 spiro atoms. The Morgan fingerprint density at radius 3 is 2.90 bits per heavy atom. The van der Waals surface area contributed by atoms with E-state index in [9.17, 15) is 9.59 Å². The van der Waals surface area contributed by atoms with E-state index in [4.69, 9.17) is 4.42 Å². The van der Waals surface area contributed by atoms with Crippen molar-refractivity contribution in [2.24, 2.45) is 5.92 Å². The lowest BCUT2D eigenvalue weighted by Crippen LogP contribution is -2.04. The Morgan fingerprint density at radius 1 is 1.55 bits per heavy atom. The van der Waals surface area contributed by atoms with Crippen LogP contribution in [0.25, 0.3) is 11.5 Å². The highest BCUT2D eigenvalue weighted by molar-refractivity contribution is 5.91. The predicted molar refractivity (Wildman–Crippen MR) is 71.5 cm³/mol. The highest BCUT2D eigenvalue weighted by atomic mass is 16.5. The lowest BCUT2D eigenvalue weighted by molar-refractivity contribution is 0.0600. The van der Waals surface area contributed by atoms with Gasteiger partial charge in [-0.1, -0.05) is 13.8 Å². The van der Waals surface area contributed by atoms with Gasteiger partial charge < -0.3 is 9.15 Å². The number of esters is 1. The fourth-order valence-corrected chi connectivity index (χ4v) is 1.87.